The molecule has 0 aliphatic rings. The van der Waals surface area contributed by atoms with Gasteiger partial charge in [0.05, 0.1) is 0 Å². The first kappa shape index (κ1) is 11.5. The van der Waals surface area contributed by atoms with E-state index in [0.29, 0.717) is 18.5 Å². The molecule has 1 N–H and O–H groups in total. The van der Waals surface area contributed by atoms with Gasteiger partial charge in [0.1, 0.15) is 0 Å². The summed E-state index contributed by atoms with van der Waals surface area (Å²) >= 11 is 0. The van der Waals surface area contributed by atoms with Gasteiger partial charge in [0.15, 0.2) is 5.78 Å². The van der Waals surface area contributed by atoms with Crippen molar-refractivity contribution in [3.63, 3.8) is 0 Å². The van der Waals surface area contributed by atoms with Crippen LogP contribution in [0.15, 0.2) is 12.3 Å². The third-order valence-electron chi connectivity index (χ3n) is 2.41. The first-order valence-electron chi connectivity index (χ1n) is 4.91. The van der Waals surface area contributed by atoms with Gasteiger partial charge in [-0.05, 0) is 26.3 Å². The van der Waals surface area contributed by atoms with Crippen LogP contribution in [0.1, 0.15) is 35.8 Å². The molecule has 1 aromatic rings. The summed E-state index contributed by atoms with van der Waals surface area (Å²) < 4.78 is 1.92. The van der Waals surface area contributed by atoms with Crippen molar-refractivity contribution < 1.29 is 14.7 Å². The molecule has 0 bridgehead atoms. The monoisotopic (exact) mass is 209 g/mol. The minimum atomic E-state index is -0.786. The molecule has 0 radical (unpaired) electrons. The molecule has 0 saturated heterocycles. The molecule has 1 heterocycles. The molecule has 15 heavy (non-hydrogen) atoms. The number of carboxylic acid groups (broad SMARTS) is 1. The zero-order valence-electron chi connectivity index (χ0n) is 8.99. The van der Waals surface area contributed by atoms with Gasteiger partial charge in [-0.25, -0.2) is 0 Å². The van der Waals surface area contributed by atoms with Gasteiger partial charge in [-0.15, -0.1) is 0 Å². The van der Waals surface area contributed by atoms with Crippen LogP contribution < -0.4 is 0 Å². The Morgan fingerprint density at radius 3 is 2.60 bits per heavy atom. The SMILES string of the molecule is CC(=O)c1ccn(CCCC(=O)O)c1C. The number of carbonyl (C=O) groups is 2. The second-order valence-corrected chi connectivity index (χ2v) is 3.56. The van der Waals surface area contributed by atoms with Gasteiger partial charge in [-0.1, -0.05) is 0 Å². The van der Waals surface area contributed by atoms with Crippen LogP contribution in [0.5, 0.6) is 0 Å². The first-order valence-corrected chi connectivity index (χ1v) is 4.91. The summed E-state index contributed by atoms with van der Waals surface area (Å²) in [5.41, 5.74) is 1.62. The highest BCUT2D eigenvalue weighted by molar-refractivity contribution is 5.95. The maximum Gasteiger partial charge on any atom is 0.303 e. The lowest BCUT2D eigenvalue weighted by molar-refractivity contribution is -0.137. The zero-order chi connectivity index (χ0) is 11.4. The van der Waals surface area contributed by atoms with Crippen LogP contribution in [-0.4, -0.2) is 21.4 Å². The molecular weight excluding hydrogens is 194 g/mol. The molecule has 0 spiro atoms. The van der Waals surface area contributed by atoms with Crippen LogP contribution in [0, 0.1) is 6.92 Å². The molecule has 0 atom stereocenters. The molecule has 1 rings (SSSR count). The topological polar surface area (TPSA) is 59.3 Å². The van der Waals surface area contributed by atoms with Gasteiger partial charge in [0, 0.05) is 30.4 Å². The number of ketones is 1. The van der Waals surface area contributed by atoms with Crippen molar-refractivity contribution in [2.24, 2.45) is 0 Å². The number of nitrogens with zero attached hydrogens (tertiary/aromatic N) is 1. The number of aromatic nitrogens is 1. The highest BCUT2D eigenvalue weighted by Crippen LogP contribution is 2.11. The second kappa shape index (κ2) is 4.77. The van der Waals surface area contributed by atoms with Crippen LogP contribution in [0.2, 0.25) is 0 Å². The van der Waals surface area contributed by atoms with Gasteiger partial charge >= 0.3 is 5.97 Å². The van der Waals surface area contributed by atoms with Gasteiger partial charge in [0.2, 0.25) is 0 Å². The number of hydrogen-bond acceptors (Lipinski definition) is 2. The third kappa shape index (κ3) is 2.94. The summed E-state index contributed by atoms with van der Waals surface area (Å²) in [6, 6.07) is 1.78. The molecule has 0 aliphatic heterocycles. The van der Waals surface area contributed by atoms with Crippen molar-refractivity contribution in [2.45, 2.75) is 33.2 Å². The third-order valence-corrected chi connectivity index (χ3v) is 2.41. The Balaban J connectivity index is 2.63. The Morgan fingerprint density at radius 1 is 1.47 bits per heavy atom. The summed E-state index contributed by atoms with van der Waals surface area (Å²) in [6.45, 7) is 4.05. The van der Waals surface area contributed by atoms with Crippen LogP contribution in [-0.2, 0) is 11.3 Å². The summed E-state index contributed by atoms with van der Waals surface area (Å²) in [4.78, 5) is 21.5. The number of aryl methyl sites for hydroxylation is 1. The summed E-state index contributed by atoms with van der Waals surface area (Å²) in [7, 11) is 0. The molecule has 4 nitrogen and oxygen atoms in total. The number of rotatable bonds is 5. The Bertz CT molecular complexity index is 379. The fourth-order valence-electron chi connectivity index (χ4n) is 1.57. The number of carboxylic acids is 1. The Hall–Kier alpha value is -1.58. The lowest BCUT2D eigenvalue weighted by Gasteiger charge is -2.05. The van der Waals surface area contributed by atoms with Crippen LogP contribution in [0.4, 0.5) is 0 Å². The average molecular weight is 209 g/mol. The fourth-order valence-corrected chi connectivity index (χ4v) is 1.57. The smallest absolute Gasteiger partial charge is 0.303 e. The number of hydrogen-bond donors (Lipinski definition) is 1. The van der Waals surface area contributed by atoms with E-state index in [4.69, 9.17) is 5.11 Å². The van der Waals surface area contributed by atoms with E-state index in [2.05, 4.69) is 0 Å². The zero-order valence-corrected chi connectivity index (χ0v) is 8.99. The largest absolute Gasteiger partial charge is 0.481 e. The molecule has 0 aromatic carbocycles. The van der Waals surface area contributed by atoms with Gasteiger partial charge in [0.25, 0.3) is 0 Å². The van der Waals surface area contributed by atoms with E-state index in [1.807, 2.05) is 17.7 Å². The van der Waals surface area contributed by atoms with E-state index in [0.717, 1.165) is 5.69 Å². The van der Waals surface area contributed by atoms with E-state index in [1.54, 1.807) is 6.07 Å². The molecule has 0 saturated carbocycles. The van der Waals surface area contributed by atoms with Crippen LogP contribution in [0.3, 0.4) is 0 Å². The highest BCUT2D eigenvalue weighted by Gasteiger charge is 2.08. The Morgan fingerprint density at radius 2 is 2.13 bits per heavy atom. The number of aliphatic carboxylic acids is 1. The quantitative estimate of drug-likeness (QED) is 0.753. The summed E-state index contributed by atoms with van der Waals surface area (Å²) in [6.07, 6.45) is 2.57. The van der Waals surface area contributed by atoms with Crippen LogP contribution in [0.25, 0.3) is 0 Å². The van der Waals surface area contributed by atoms with Gasteiger partial charge in [-0.2, -0.15) is 0 Å². The minimum absolute atomic E-state index is 0.0458. The van der Waals surface area contributed by atoms with Crippen molar-refractivity contribution in [3.05, 3.63) is 23.5 Å². The average Bonchev–Trinajstić information content (AvgIpc) is 2.47. The van der Waals surface area contributed by atoms with E-state index < -0.39 is 5.97 Å². The highest BCUT2D eigenvalue weighted by atomic mass is 16.4. The number of carbonyl (C=O) groups excluding carboxylic acids is 1. The summed E-state index contributed by atoms with van der Waals surface area (Å²) in [5, 5.41) is 8.49. The van der Waals surface area contributed by atoms with Crippen molar-refractivity contribution >= 4 is 11.8 Å². The second-order valence-electron chi connectivity index (χ2n) is 3.56. The van der Waals surface area contributed by atoms with E-state index in [1.165, 1.54) is 6.92 Å². The predicted molar refractivity (Wildman–Crippen MR) is 56.0 cm³/mol. The van der Waals surface area contributed by atoms with E-state index in [9.17, 15) is 9.59 Å². The van der Waals surface area contributed by atoms with Crippen molar-refractivity contribution in [1.29, 1.82) is 0 Å². The molecule has 0 unspecified atom stereocenters. The standard InChI is InChI=1S/C11H15NO3/c1-8-10(9(2)13)5-7-12(8)6-3-4-11(14)15/h5,7H,3-4,6H2,1-2H3,(H,14,15). The predicted octanol–water partition coefficient (Wildman–Crippen LogP) is 1.86. The van der Waals surface area contributed by atoms with Gasteiger partial charge in [-0.3, -0.25) is 9.59 Å². The van der Waals surface area contributed by atoms with E-state index in [-0.39, 0.29) is 12.2 Å². The first-order chi connectivity index (χ1) is 7.02. The molecule has 1 aromatic heterocycles. The van der Waals surface area contributed by atoms with Crippen LogP contribution >= 0.6 is 0 Å². The summed E-state index contributed by atoms with van der Waals surface area (Å²) in [5.74, 6) is -0.740. The lowest BCUT2D eigenvalue weighted by Crippen LogP contribution is -2.04. The van der Waals surface area contributed by atoms with Crippen molar-refractivity contribution in [2.75, 3.05) is 0 Å². The molecule has 0 aliphatic carbocycles. The van der Waals surface area contributed by atoms with E-state index >= 15 is 0 Å². The minimum Gasteiger partial charge on any atom is -0.481 e. The van der Waals surface area contributed by atoms with Crippen molar-refractivity contribution in [1.82, 2.24) is 4.57 Å². The molecular formula is C11H15NO3. The van der Waals surface area contributed by atoms with Gasteiger partial charge < -0.3 is 9.67 Å². The Labute approximate surface area is 88.5 Å². The number of Topliss-reactive ketones (excluding diaryl/α,β-unsaturated/α-hetero) is 1. The maximum absolute atomic E-state index is 11.2. The molecule has 4 heteroatoms. The normalized spacial score (nSPS) is 10.3. The fraction of sp³-hybridized carbons (Fsp3) is 0.455. The molecule has 82 valence electrons. The molecule has 0 fully saturated rings. The Kier molecular flexibility index (Phi) is 3.66. The lowest BCUT2D eigenvalue weighted by atomic mass is 10.2. The molecule has 0 amide bonds. The maximum atomic E-state index is 11.2. The van der Waals surface area contributed by atoms with Crippen molar-refractivity contribution in [3.8, 4) is 0 Å².